The lowest BCUT2D eigenvalue weighted by Crippen LogP contribution is -2.29. The van der Waals surface area contributed by atoms with Crippen LogP contribution in [0.15, 0.2) is 23.1 Å². The van der Waals surface area contributed by atoms with Crippen LogP contribution in [0.2, 0.25) is 0 Å². The highest BCUT2D eigenvalue weighted by atomic mass is 32.2. The molecule has 0 aliphatic heterocycles. The number of carboxylic acid groups (broad SMARTS) is 1. The number of sulfonamides is 1. The molecule has 1 aromatic carbocycles. The molecule has 1 saturated carbocycles. The third kappa shape index (κ3) is 3.19. The maximum Gasteiger partial charge on any atom is 0.339 e. The van der Waals surface area contributed by atoms with Gasteiger partial charge >= 0.3 is 5.97 Å². The fraction of sp³-hybridized carbons (Fsp3) is 0.500. The van der Waals surface area contributed by atoms with Gasteiger partial charge in [0.15, 0.2) is 0 Å². The molecule has 0 bridgehead atoms. The Hall–Kier alpha value is -1.60. The molecule has 0 amide bonds. The fourth-order valence-corrected chi connectivity index (χ4v) is 3.53. The SMILES string of the molecule is COc1ccc(S(=O)(=O)N(C)CC2CC2C)cc1C(=O)O. The van der Waals surface area contributed by atoms with Crippen molar-refractivity contribution in [2.24, 2.45) is 11.8 Å². The van der Waals surface area contributed by atoms with Crippen LogP contribution in [0.3, 0.4) is 0 Å². The van der Waals surface area contributed by atoms with Crippen LogP contribution in [0.1, 0.15) is 23.7 Å². The van der Waals surface area contributed by atoms with E-state index in [-0.39, 0.29) is 16.2 Å². The minimum atomic E-state index is -3.68. The molecule has 2 unspecified atom stereocenters. The quantitative estimate of drug-likeness (QED) is 0.863. The average Bonchev–Trinajstić information content (AvgIpc) is 3.13. The van der Waals surface area contributed by atoms with Gasteiger partial charge in [0.1, 0.15) is 11.3 Å². The van der Waals surface area contributed by atoms with Gasteiger partial charge in [0.2, 0.25) is 10.0 Å². The first-order valence-electron chi connectivity index (χ1n) is 6.65. The van der Waals surface area contributed by atoms with E-state index in [2.05, 4.69) is 6.92 Å². The molecular weight excluding hydrogens is 294 g/mol. The Morgan fingerprint density at radius 2 is 2.10 bits per heavy atom. The van der Waals surface area contributed by atoms with Gasteiger partial charge in [0.25, 0.3) is 0 Å². The number of carbonyl (C=O) groups is 1. The van der Waals surface area contributed by atoms with Crippen LogP contribution in [-0.4, -0.2) is 44.5 Å². The maximum atomic E-state index is 12.5. The van der Waals surface area contributed by atoms with Crippen molar-refractivity contribution >= 4 is 16.0 Å². The van der Waals surface area contributed by atoms with Crippen molar-refractivity contribution in [2.45, 2.75) is 18.2 Å². The molecular formula is C14H19NO5S. The largest absolute Gasteiger partial charge is 0.496 e. The topological polar surface area (TPSA) is 83.9 Å². The summed E-state index contributed by atoms with van der Waals surface area (Å²) in [6.07, 6.45) is 1.03. The smallest absolute Gasteiger partial charge is 0.339 e. The zero-order chi connectivity index (χ0) is 15.8. The third-order valence-corrected chi connectivity index (χ3v) is 5.70. The van der Waals surface area contributed by atoms with Gasteiger partial charge in [-0.05, 0) is 36.5 Å². The van der Waals surface area contributed by atoms with Crippen LogP contribution in [0, 0.1) is 11.8 Å². The predicted octanol–water partition coefficient (Wildman–Crippen LogP) is 1.67. The summed E-state index contributed by atoms with van der Waals surface area (Å²) in [7, 11) is -0.821. The molecule has 1 aliphatic rings. The summed E-state index contributed by atoms with van der Waals surface area (Å²) in [5.74, 6) is -0.141. The Morgan fingerprint density at radius 3 is 2.57 bits per heavy atom. The Kier molecular flexibility index (Phi) is 4.25. The summed E-state index contributed by atoms with van der Waals surface area (Å²) in [5, 5.41) is 9.13. The highest BCUT2D eigenvalue weighted by Crippen LogP contribution is 2.38. The van der Waals surface area contributed by atoms with E-state index in [1.165, 1.54) is 30.6 Å². The van der Waals surface area contributed by atoms with Crippen molar-refractivity contribution in [1.29, 1.82) is 0 Å². The Bertz CT molecular complexity index is 655. The Labute approximate surface area is 124 Å². The van der Waals surface area contributed by atoms with Gasteiger partial charge in [-0.1, -0.05) is 6.92 Å². The lowest BCUT2D eigenvalue weighted by Gasteiger charge is -2.18. The number of nitrogens with zero attached hydrogens (tertiary/aromatic N) is 1. The zero-order valence-corrected chi connectivity index (χ0v) is 13.1. The lowest BCUT2D eigenvalue weighted by molar-refractivity contribution is 0.0693. The van der Waals surface area contributed by atoms with Crippen molar-refractivity contribution in [3.63, 3.8) is 0 Å². The molecule has 0 heterocycles. The first kappa shape index (κ1) is 15.8. The van der Waals surface area contributed by atoms with E-state index in [0.717, 1.165) is 12.5 Å². The number of methoxy groups -OCH3 is 1. The van der Waals surface area contributed by atoms with Crippen LogP contribution >= 0.6 is 0 Å². The van der Waals surface area contributed by atoms with E-state index in [0.29, 0.717) is 18.4 Å². The number of aromatic carboxylic acids is 1. The minimum Gasteiger partial charge on any atom is -0.496 e. The Morgan fingerprint density at radius 1 is 1.48 bits per heavy atom. The van der Waals surface area contributed by atoms with Crippen molar-refractivity contribution < 1.29 is 23.1 Å². The standard InChI is InChI=1S/C14H19NO5S/c1-9-6-10(9)8-15(2)21(18,19)11-4-5-13(20-3)12(7-11)14(16)17/h4-5,7,9-10H,6,8H2,1-3H3,(H,16,17). The van der Waals surface area contributed by atoms with Crippen LogP contribution in [0.4, 0.5) is 0 Å². The second kappa shape index (κ2) is 5.65. The lowest BCUT2D eigenvalue weighted by atomic mass is 10.2. The van der Waals surface area contributed by atoms with E-state index >= 15 is 0 Å². The number of carboxylic acids is 1. The van der Waals surface area contributed by atoms with Crippen molar-refractivity contribution in [1.82, 2.24) is 4.31 Å². The average molecular weight is 313 g/mol. The van der Waals surface area contributed by atoms with Crippen LogP contribution < -0.4 is 4.74 Å². The van der Waals surface area contributed by atoms with E-state index < -0.39 is 16.0 Å². The Balaban J connectivity index is 2.31. The summed E-state index contributed by atoms with van der Waals surface area (Å²) in [4.78, 5) is 11.1. The van der Waals surface area contributed by atoms with E-state index in [9.17, 15) is 13.2 Å². The summed E-state index contributed by atoms with van der Waals surface area (Å²) >= 11 is 0. The number of rotatable bonds is 6. The van der Waals surface area contributed by atoms with Gasteiger partial charge < -0.3 is 9.84 Å². The number of hydrogen-bond donors (Lipinski definition) is 1. The monoisotopic (exact) mass is 313 g/mol. The van der Waals surface area contributed by atoms with Crippen LogP contribution in [0.5, 0.6) is 5.75 Å². The molecule has 1 N–H and O–H groups in total. The molecule has 0 saturated heterocycles. The fourth-order valence-electron chi connectivity index (χ4n) is 2.28. The molecule has 1 aromatic rings. The number of hydrogen-bond acceptors (Lipinski definition) is 4. The van der Waals surface area contributed by atoms with Crippen molar-refractivity contribution in [3.05, 3.63) is 23.8 Å². The first-order valence-corrected chi connectivity index (χ1v) is 8.09. The summed E-state index contributed by atoms with van der Waals surface area (Å²) in [6, 6.07) is 3.88. The number of ether oxygens (including phenoxy) is 1. The zero-order valence-electron chi connectivity index (χ0n) is 12.2. The van der Waals surface area contributed by atoms with Gasteiger partial charge in [-0.2, -0.15) is 0 Å². The van der Waals surface area contributed by atoms with Crippen molar-refractivity contribution in [3.8, 4) is 5.75 Å². The second-order valence-electron chi connectivity index (χ2n) is 5.43. The maximum absolute atomic E-state index is 12.5. The minimum absolute atomic E-state index is 0.0310. The molecule has 21 heavy (non-hydrogen) atoms. The molecule has 1 aliphatic carbocycles. The first-order chi connectivity index (χ1) is 9.77. The van der Waals surface area contributed by atoms with E-state index in [4.69, 9.17) is 9.84 Å². The molecule has 7 heteroatoms. The van der Waals surface area contributed by atoms with Crippen LogP contribution in [0.25, 0.3) is 0 Å². The molecule has 1 fully saturated rings. The molecule has 0 radical (unpaired) electrons. The van der Waals surface area contributed by atoms with Crippen LogP contribution in [-0.2, 0) is 10.0 Å². The molecule has 0 spiro atoms. The number of benzene rings is 1. The van der Waals surface area contributed by atoms with Gasteiger partial charge in [0.05, 0.1) is 12.0 Å². The van der Waals surface area contributed by atoms with Gasteiger partial charge in [-0.25, -0.2) is 17.5 Å². The van der Waals surface area contributed by atoms with Gasteiger partial charge in [0, 0.05) is 13.6 Å². The molecule has 116 valence electrons. The summed E-state index contributed by atoms with van der Waals surface area (Å²) in [5.41, 5.74) is -0.160. The highest BCUT2D eigenvalue weighted by Gasteiger charge is 2.36. The van der Waals surface area contributed by atoms with Gasteiger partial charge in [-0.3, -0.25) is 0 Å². The van der Waals surface area contributed by atoms with E-state index in [1.807, 2.05) is 0 Å². The molecule has 0 aromatic heterocycles. The van der Waals surface area contributed by atoms with Gasteiger partial charge in [-0.15, -0.1) is 0 Å². The molecule has 2 atom stereocenters. The van der Waals surface area contributed by atoms with E-state index in [1.54, 1.807) is 0 Å². The van der Waals surface area contributed by atoms with Crippen molar-refractivity contribution in [2.75, 3.05) is 20.7 Å². The highest BCUT2D eigenvalue weighted by molar-refractivity contribution is 7.89. The summed E-state index contributed by atoms with van der Waals surface area (Å²) < 4.78 is 31.2. The molecule has 6 nitrogen and oxygen atoms in total. The normalized spacial score (nSPS) is 21.3. The second-order valence-corrected chi connectivity index (χ2v) is 7.47. The predicted molar refractivity (Wildman–Crippen MR) is 77.0 cm³/mol. The third-order valence-electron chi connectivity index (χ3n) is 3.88. The molecule has 2 rings (SSSR count). The summed E-state index contributed by atoms with van der Waals surface area (Å²) in [6.45, 7) is 2.54.